The summed E-state index contributed by atoms with van der Waals surface area (Å²) in [7, 11) is -7.91. The van der Waals surface area contributed by atoms with E-state index in [9.17, 15) is 21.6 Å². The SMILES string of the molecule is CC1=CC=CC(C)(S(=O)(=O)Oc2ccc(NC(=O)Nc3ccc(OS(=O)(=O)C4(C)C=CC=C(C)C4)cc3)cc2)C1. The average molecular weight is 585 g/mol. The third-order valence-corrected chi connectivity index (χ3v) is 10.4. The Morgan fingerprint density at radius 1 is 0.675 bits per heavy atom. The first-order valence-corrected chi connectivity index (χ1v) is 15.4. The number of rotatable bonds is 8. The van der Waals surface area contributed by atoms with Crippen LogP contribution in [-0.2, 0) is 20.2 Å². The van der Waals surface area contributed by atoms with Crippen LogP contribution in [0, 0.1) is 0 Å². The number of benzene rings is 2. The monoisotopic (exact) mass is 584 g/mol. The predicted octanol–water partition coefficient (Wildman–Crippen LogP) is 6.08. The maximum absolute atomic E-state index is 12.9. The van der Waals surface area contributed by atoms with Crippen LogP contribution in [0.4, 0.5) is 16.2 Å². The van der Waals surface area contributed by atoms with Crippen LogP contribution < -0.4 is 19.0 Å². The van der Waals surface area contributed by atoms with Gasteiger partial charge in [-0.3, -0.25) is 0 Å². The molecule has 11 heteroatoms. The Bertz CT molecular complexity index is 1500. The zero-order chi connectivity index (χ0) is 29.2. The Morgan fingerprint density at radius 3 is 1.35 bits per heavy atom. The molecule has 4 rings (SSSR count). The maximum Gasteiger partial charge on any atom is 0.323 e. The van der Waals surface area contributed by atoms with Gasteiger partial charge in [-0.15, -0.1) is 0 Å². The molecule has 2 amide bonds. The molecule has 0 saturated heterocycles. The topological polar surface area (TPSA) is 128 Å². The van der Waals surface area contributed by atoms with Gasteiger partial charge in [0.2, 0.25) is 0 Å². The van der Waals surface area contributed by atoms with Crippen LogP contribution in [-0.4, -0.2) is 32.4 Å². The number of anilines is 2. The van der Waals surface area contributed by atoms with Crippen molar-refractivity contribution < 1.29 is 30.0 Å². The molecule has 2 aliphatic rings. The van der Waals surface area contributed by atoms with Crippen molar-refractivity contribution in [3.05, 3.63) is 96.1 Å². The summed E-state index contributed by atoms with van der Waals surface area (Å²) in [6.07, 6.45) is 11.0. The summed E-state index contributed by atoms with van der Waals surface area (Å²) in [5, 5.41) is 5.30. The molecule has 2 atom stereocenters. The molecular weight excluding hydrogens is 552 g/mol. The number of hydrogen-bond donors (Lipinski definition) is 2. The first kappa shape index (κ1) is 29.2. The normalized spacial score (nSPS) is 22.6. The standard InChI is InChI=1S/C29H32N2O7S2/c1-21-7-5-17-28(3,19-21)39(33,34)37-25-13-9-23(10-14-25)30-27(32)31-24-11-15-26(16-12-24)38-40(35,36)29(4)18-6-8-22(2)20-29/h5-18H,19-20H2,1-4H3,(H2,30,31,32). The van der Waals surface area contributed by atoms with Crippen molar-refractivity contribution in [2.24, 2.45) is 0 Å². The fraction of sp³-hybridized carbons (Fsp3) is 0.276. The molecule has 212 valence electrons. The highest BCUT2D eigenvalue weighted by atomic mass is 32.2. The van der Waals surface area contributed by atoms with Gasteiger partial charge in [0.15, 0.2) is 0 Å². The highest BCUT2D eigenvalue weighted by molar-refractivity contribution is 7.89. The molecule has 0 heterocycles. The Balaban J connectivity index is 1.32. The third kappa shape index (κ3) is 6.48. The Morgan fingerprint density at radius 2 is 1.02 bits per heavy atom. The van der Waals surface area contributed by atoms with Gasteiger partial charge < -0.3 is 19.0 Å². The number of carbonyl (C=O) groups excluding carboxylic acids is 1. The minimum absolute atomic E-state index is 0.127. The van der Waals surface area contributed by atoms with Crippen molar-refractivity contribution in [3.8, 4) is 11.5 Å². The predicted molar refractivity (Wildman–Crippen MR) is 156 cm³/mol. The van der Waals surface area contributed by atoms with Gasteiger partial charge in [-0.25, -0.2) is 4.79 Å². The van der Waals surface area contributed by atoms with Crippen LogP contribution >= 0.6 is 0 Å². The minimum Gasteiger partial charge on any atom is -0.382 e. The van der Waals surface area contributed by atoms with E-state index >= 15 is 0 Å². The minimum atomic E-state index is -3.95. The molecular formula is C29H32N2O7S2. The van der Waals surface area contributed by atoms with E-state index in [0.29, 0.717) is 24.2 Å². The molecule has 0 fully saturated rings. The molecule has 0 bridgehead atoms. The zero-order valence-electron chi connectivity index (χ0n) is 22.7. The Labute approximate surface area is 235 Å². The van der Waals surface area contributed by atoms with Crippen molar-refractivity contribution >= 4 is 37.6 Å². The maximum atomic E-state index is 12.9. The van der Waals surface area contributed by atoms with E-state index in [-0.39, 0.29) is 11.5 Å². The van der Waals surface area contributed by atoms with Gasteiger partial charge in [-0.05, 0) is 89.1 Å². The summed E-state index contributed by atoms with van der Waals surface area (Å²) >= 11 is 0. The molecule has 0 radical (unpaired) electrons. The molecule has 0 aliphatic heterocycles. The lowest BCUT2D eigenvalue weighted by Crippen LogP contribution is -2.37. The number of amides is 2. The second kappa shape index (κ2) is 11.0. The lowest BCUT2D eigenvalue weighted by atomic mass is 9.96. The van der Waals surface area contributed by atoms with E-state index in [1.54, 1.807) is 38.2 Å². The molecule has 2 unspecified atom stereocenters. The lowest BCUT2D eigenvalue weighted by Gasteiger charge is -2.27. The smallest absolute Gasteiger partial charge is 0.323 e. The number of nitrogens with one attached hydrogen (secondary N) is 2. The summed E-state index contributed by atoms with van der Waals surface area (Å²) in [4.78, 5) is 12.5. The number of urea groups is 1. The van der Waals surface area contributed by atoms with Crippen LogP contribution in [0.15, 0.2) is 96.1 Å². The summed E-state index contributed by atoms with van der Waals surface area (Å²) in [6.45, 7) is 6.95. The molecule has 2 N–H and O–H groups in total. The zero-order valence-corrected chi connectivity index (χ0v) is 24.3. The van der Waals surface area contributed by atoms with E-state index in [1.807, 2.05) is 26.0 Å². The van der Waals surface area contributed by atoms with Crippen molar-refractivity contribution in [2.45, 2.75) is 50.0 Å². The lowest BCUT2D eigenvalue weighted by molar-refractivity contribution is 0.262. The van der Waals surface area contributed by atoms with Gasteiger partial charge in [-0.2, -0.15) is 16.8 Å². The average Bonchev–Trinajstić information content (AvgIpc) is 2.86. The second-order valence-corrected chi connectivity index (χ2v) is 14.4. The van der Waals surface area contributed by atoms with E-state index < -0.39 is 35.8 Å². The van der Waals surface area contributed by atoms with Crippen LogP contribution in [0.3, 0.4) is 0 Å². The molecule has 0 aromatic heterocycles. The first-order chi connectivity index (χ1) is 18.7. The largest absolute Gasteiger partial charge is 0.382 e. The molecule has 40 heavy (non-hydrogen) atoms. The summed E-state index contributed by atoms with van der Waals surface area (Å²) in [5.74, 6) is 0.254. The summed E-state index contributed by atoms with van der Waals surface area (Å²) in [5.41, 5.74) is 2.70. The number of hydrogen-bond acceptors (Lipinski definition) is 7. The first-order valence-electron chi connectivity index (χ1n) is 12.6. The molecule has 2 aromatic carbocycles. The van der Waals surface area contributed by atoms with Crippen molar-refractivity contribution in [1.29, 1.82) is 0 Å². The number of allylic oxidation sites excluding steroid dienone is 6. The van der Waals surface area contributed by atoms with Gasteiger partial charge in [0.05, 0.1) is 0 Å². The fourth-order valence-electron chi connectivity index (χ4n) is 4.44. The van der Waals surface area contributed by atoms with Gasteiger partial charge in [0.1, 0.15) is 21.0 Å². The third-order valence-electron chi connectivity index (χ3n) is 6.70. The van der Waals surface area contributed by atoms with Crippen LogP contribution in [0.25, 0.3) is 0 Å². The highest BCUT2D eigenvalue weighted by Crippen LogP contribution is 2.34. The van der Waals surface area contributed by atoms with E-state index in [4.69, 9.17) is 8.37 Å². The van der Waals surface area contributed by atoms with Gasteiger partial charge in [0.25, 0.3) is 0 Å². The number of carbonyl (C=O) groups is 1. The second-order valence-electron chi connectivity index (χ2n) is 10.4. The Kier molecular flexibility index (Phi) is 8.00. The van der Waals surface area contributed by atoms with Gasteiger partial charge in [-0.1, -0.05) is 47.6 Å². The van der Waals surface area contributed by atoms with Crippen LogP contribution in [0.2, 0.25) is 0 Å². The quantitative estimate of drug-likeness (QED) is 0.360. The van der Waals surface area contributed by atoms with Gasteiger partial charge in [0, 0.05) is 11.4 Å². The summed E-state index contributed by atoms with van der Waals surface area (Å²) in [6, 6.07) is 11.4. The van der Waals surface area contributed by atoms with Gasteiger partial charge >= 0.3 is 26.3 Å². The molecule has 0 saturated carbocycles. The van der Waals surface area contributed by atoms with Crippen molar-refractivity contribution in [3.63, 3.8) is 0 Å². The van der Waals surface area contributed by atoms with E-state index in [1.165, 1.54) is 48.5 Å². The molecule has 2 aromatic rings. The fourth-order valence-corrected chi connectivity index (χ4v) is 6.85. The van der Waals surface area contributed by atoms with Crippen LogP contribution in [0.5, 0.6) is 11.5 Å². The van der Waals surface area contributed by atoms with Crippen molar-refractivity contribution in [1.82, 2.24) is 0 Å². The van der Waals surface area contributed by atoms with E-state index in [2.05, 4.69) is 10.6 Å². The van der Waals surface area contributed by atoms with Crippen molar-refractivity contribution in [2.75, 3.05) is 10.6 Å². The Hall–Kier alpha value is -3.83. The summed E-state index contributed by atoms with van der Waals surface area (Å²) < 4.78 is 59.8. The molecule has 0 spiro atoms. The molecule has 9 nitrogen and oxygen atoms in total. The van der Waals surface area contributed by atoms with Crippen LogP contribution in [0.1, 0.15) is 40.5 Å². The van der Waals surface area contributed by atoms with E-state index in [0.717, 1.165) is 11.1 Å². The molecule has 2 aliphatic carbocycles. The highest BCUT2D eigenvalue weighted by Gasteiger charge is 2.41.